The fraction of sp³-hybridized carbons (Fsp3) is 0.250. The van der Waals surface area contributed by atoms with Gasteiger partial charge in [-0.3, -0.25) is 0 Å². The topological polar surface area (TPSA) is 43.8 Å². The lowest BCUT2D eigenvalue weighted by atomic mass is 10.2. The fourth-order valence-electron chi connectivity index (χ4n) is 1.62. The number of imidazole rings is 1. The zero-order valence-corrected chi connectivity index (χ0v) is 9.91. The number of nitrogens with two attached hydrogens (primary N) is 1. The number of halogens is 1. The average Bonchev–Trinajstić information content (AvgIpc) is 2.71. The normalized spacial score (nSPS) is 10.7. The smallest absolute Gasteiger partial charge is 0.0994 e. The highest BCUT2D eigenvalue weighted by Crippen LogP contribution is 2.20. The van der Waals surface area contributed by atoms with Gasteiger partial charge in [-0.25, -0.2) is 4.98 Å². The first-order chi connectivity index (χ1) is 7.72. The summed E-state index contributed by atoms with van der Waals surface area (Å²) >= 11 is 6.10. The molecule has 0 atom stereocenters. The molecule has 0 amide bonds. The first kappa shape index (κ1) is 11.2. The summed E-state index contributed by atoms with van der Waals surface area (Å²) in [6.45, 7) is 2.60. The Morgan fingerprint density at radius 3 is 2.94 bits per heavy atom. The Balaban J connectivity index is 2.42. The molecule has 3 nitrogen and oxygen atoms in total. The van der Waals surface area contributed by atoms with E-state index in [9.17, 15) is 0 Å². The first-order valence-electron chi connectivity index (χ1n) is 5.20. The number of nitrogens with zero attached hydrogens (tertiary/aromatic N) is 2. The van der Waals surface area contributed by atoms with Crippen LogP contribution in [0.25, 0.3) is 5.69 Å². The molecule has 0 unspecified atom stereocenters. The summed E-state index contributed by atoms with van der Waals surface area (Å²) < 4.78 is 2.01. The predicted octanol–water partition coefficient (Wildman–Crippen LogP) is 2.34. The highest BCUT2D eigenvalue weighted by Gasteiger charge is 2.05. The van der Waals surface area contributed by atoms with Crippen molar-refractivity contribution in [3.05, 3.63) is 47.0 Å². The summed E-state index contributed by atoms with van der Waals surface area (Å²) in [7, 11) is 0. The number of rotatable bonds is 3. The van der Waals surface area contributed by atoms with Crippen LogP contribution in [0, 0.1) is 6.92 Å². The average molecular weight is 236 g/mol. The Morgan fingerprint density at radius 2 is 2.25 bits per heavy atom. The van der Waals surface area contributed by atoms with E-state index in [4.69, 9.17) is 17.3 Å². The Morgan fingerprint density at radius 1 is 1.44 bits per heavy atom. The van der Waals surface area contributed by atoms with E-state index in [2.05, 4.69) is 4.98 Å². The zero-order chi connectivity index (χ0) is 11.5. The molecule has 16 heavy (non-hydrogen) atoms. The lowest BCUT2D eigenvalue weighted by Gasteiger charge is -2.08. The minimum Gasteiger partial charge on any atom is -0.330 e. The minimum absolute atomic E-state index is 0.616. The van der Waals surface area contributed by atoms with E-state index in [0.717, 1.165) is 28.4 Å². The molecule has 0 aliphatic rings. The van der Waals surface area contributed by atoms with Gasteiger partial charge in [-0.15, -0.1) is 0 Å². The first-order valence-corrected chi connectivity index (χ1v) is 5.58. The van der Waals surface area contributed by atoms with Crippen LogP contribution in [0.15, 0.2) is 30.7 Å². The molecule has 2 aromatic rings. The molecule has 0 bridgehead atoms. The van der Waals surface area contributed by atoms with E-state index in [1.165, 1.54) is 0 Å². The maximum atomic E-state index is 6.10. The van der Waals surface area contributed by atoms with Crippen molar-refractivity contribution in [2.24, 2.45) is 5.73 Å². The Kier molecular flexibility index (Phi) is 3.27. The lowest BCUT2D eigenvalue weighted by molar-refractivity contribution is 0.873. The van der Waals surface area contributed by atoms with Gasteiger partial charge in [-0.2, -0.15) is 0 Å². The van der Waals surface area contributed by atoms with Crippen LogP contribution in [0.5, 0.6) is 0 Å². The van der Waals surface area contributed by atoms with Crippen molar-refractivity contribution in [3.63, 3.8) is 0 Å². The van der Waals surface area contributed by atoms with E-state index in [-0.39, 0.29) is 0 Å². The maximum absolute atomic E-state index is 6.10. The van der Waals surface area contributed by atoms with Crippen molar-refractivity contribution >= 4 is 11.6 Å². The van der Waals surface area contributed by atoms with Crippen LogP contribution in [-0.4, -0.2) is 16.1 Å². The van der Waals surface area contributed by atoms with Crippen LogP contribution in [-0.2, 0) is 6.42 Å². The second kappa shape index (κ2) is 4.68. The van der Waals surface area contributed by atoms with Crippen molar-refractivity contribution in [1.29, 1.82) is 0 Å². The van der Waals surface area contributed by atoms with Gasteiger partial charge in [0.25, 0.3) is 0 Å². The molecule has 0 spiro atoms. The number of aryl methyl sites for hydroxylation is 1. The second-order valence-electron chi connectivity index (χ2n) is 3.73. The van der Waals surface area contributed by atoms with Crippen molar-refractivity contribution < 1.29 is 0 Å². The Labute approximate surface area is 99.9 Å². The highest BCUT2D eigenvalue weighted by molar-refractivity contribution is 6.31. The second-order valence-corrected chi connectivity index (χ2v) is 4.13. The molecule has 0 radical (unpaired) electrons. The van der Waals surface area contributed by atoms with E-state index in [1.807, 2.05) is 35.9 Å². The molecular weight excluding hydrogens is 222 g/mol. The summed E-state index contributed by atoms with van der Waals surface area (Å²) in [6.07, 6.45) is 4.43. The summed E-state index contributed by atoms with van der Waals surface area (Å²) in [5.41, 5.74) is 8.75. The van der Waals surface area contributed by atoms with Crippen LogP contribution in [0.4, 0.5) is 0 Å². The highest BCUT2D eigenvalue weighted by atomic mass is 35.5. The van der Waals surface area contributed by atoms with Crippen molar-refractivity contribution in [2.75, 3.05) is 6.54 Å². The molecule has 4 heteroatoms. The quantitative estimate of drug-likeness (QED) is 0.888. The van der Waals surface area contributed by atoms with Crippen molar-refractivity contribution in [1.82, 2.24) is 9.55 Å². The monoisotopic (exact) mass is 235 g/mol. The molecule has 1 aromatic carbocycles. The van der Waals surface area contributed by atoms with Crippen LogP contribution >= 0.6 is 11.6 Å². The summed E-state index contributed by atoms with van der Waals surface area (Å²) in [5, 5.41) is 0.768. The molecule has 0 saturated carbocycles. The van der Waals surface area contributed by atoms with E-state index < -0.39 is 0 Å². The molecule has 1 heterocycles. The molecule has 0 fully saturated rings. The third-order valence-electron chi connectivity index (χ3n) is 2.55. The Hall–Kier alpha value is -1.32. The van der Waals surface area contributed by atoms with Crippen molar-refractivity contribution in [3.8, 4) is 5.69 Å². The van der Waals surface area contributed by atoms with Gasteiger partial charge >= 0.3 is 0 Å². The molecule has 0 aliphatic carbocycles. The maximum Gasteiger partial charge on any atom is 0.0994 e. The lowest BCUT2D eigenvalue weighted by Crippen LogP contribution is -2.07. The summed E-state index contributed by atoms with van der Waals surface area (Å²) in [5.74, 6) is 0. The van der Waals surface area contributed by atoms with E-state index in [1.54, 1.807) is 6.33 Å². The number of benzene rings is 1. The van der Waals surface area contributed by atoms with Gasteiger partial charge < -0.3 is 10.3 Å². The van der Waals surface area contributed by atoms with E-state index >= 15 is 0 Å². The van der Waals surface area contributed by atoms with Crippen LogP contribution in [0.2, 0.25) is 5.02 Å². The molecule has 0 saturated heterocycles. The van der Waals surface area contributed by atoms with Crippen LogP contribution in [0.3, 0.4) is 0 Å². The van der Waals surface area contributed by atoms with Gasteiger partial charge in [0, 0.05) is 29.0 Å². The number of aromatic nitrogens is 2. The number of hydrogen-bond acceptors (Lipinski definition) is 2. The zero-order valence-electron chi connectivity index (χ0n) is 9.15. The van der Waals surface area contributed by atoms with Gasteiger partial charge in [0.2, 0.25) is 0 Å². The fourth-order valence-corrected chi connectivity index (χ4v) is 1.79. The van der Waals surface area contributed by atoms with Gasteiger partial charge in [0.1, 0.15) is 0 Å². The van der Waals surface area contributed by atoms with Gasteiger partial charge in [0.05, 0.1) is 6.33 Å². The number of hydrogen-bond donors (Lipinski definition) is 1. The van der Waals surface area contributed by atoms with Gasteiger partial charge in [0.15, 0.2) is 0 Å². The molecule has 2 N–H and O–H groups in total. The predicted molar refractivity (Wildman–Crippen MR) is 66.1 cm³/mol. The van der Waals surface area contributed by atoms with Crippen LogP contribution in [0.1, 0.15) is 11.3 Å². The minimum atomic E-state index is 0.616. The Bertz CT molecular complexity index is 491. The standard InChI is InChI=1S/C12H14ClN3/c1-9-2-3-10(6-12(9)13)16-8-15-7-11(16)4-5-14/h2-3,6-8H,4-5,14H2,1H3. The molecule has 0 aliphatic heterocycles. The summed E-state index contributed by atoms with van der Waals surface area (Å²) in [6, 6.07) is 5.98. The molecule has 84 valence electrons. The van der Waals surface area contributed by atoms with Gasteiger partial charge in [-0.1, -0.05) is 17.7 Å². The van der Waals surface area contributed by atoms with Crippen molar-refractivity contribution in [2.45, 2.75) is 13.3 Å². The molecule has 2 rings (SSSR count). The van der Waals surface area contributed by atoms with Crippen LogP contribution < -0.4 is 5.73 Å². The summed E-state index contributed by atoms with van der Waals surface area (Å²) in [4.78, 5) is 4.13. The van der Waals surface area contributed by atoms with Gasteiger partial charge in [-0.05, 0) is 31.2 Å². The van der Waals surface area contributed by atoms with E-state index in [0.29, 0.717) is 6.54 Å². The largest absolute Gasteiger partial charge is 0.330 e. The SMILES string of the molecule is Cc1ccc(-n2cncc2CCN)cc1Cl. The molecular formula is C12H14ClN3. The third kappa shape index (κ3) is 2.10. The molecule has 1 aromatic heterocycles. The third-order valence-corrected chi connectivity index (χ3v) is 2.96.